The lowest BCUT2D eigenvalue weighted by Crippen LogP contribution is -2.50. The van der Waals surface area contributed by atoms with Gasteiger partial charge < -0.3 is 15.0 Å². The molecule has 32 heavy (non-hydrogen) atoms. The number of rotatable bonds is 9. The number of benzene rings is 3. The molecule has 0 bridgehead atoms. The van der Waals surface area contributed by atoms with E-state index in [1.165, 1.54) is 4.90 Å². The summed E-state index contributed by atoms with van der Waals surface area (Å²) in [6.45, 7) is 4.16. The van der Waals surface area contributed by atoms with Crippen molar-refractivity contribution in [2.24, 2.45) is 0 Å². The van der Waals surface area contributed by atoms with Crippen molar-refractivity contribution in [1.82, 2.24) is 10.2 Å². The molecular weight excluding hydrogens is 447 g/mol. The number of likely N-dealkylation sites (N-methyl/N-ethyl adjacent to an activating group) is 1. The number of fused-ring (bicyclic) bond motifs is 1. The molecule has 0 aliphatic heterocycles. The van der Waals surface area contributed by atoms with Gasteiger partial charge in [-0.05, 0) is 42.5 Å². The molecule has 0 saturated heterocycles. The smallest absolute Gasteiger partial charge is 0.261 e. The average Bonchev–Trinajstić information content (AvgIpc) is 2.79. The Kier molecular flexibility index (Phi) is 8.37. The summed E-state index contributed by atoms with van der Waals surface area (Å²) in [6, 6.07) is 18.0. The first kappa shape index (κ1) is 23.9. The number of amides is 2. The van der Waals surface area contributed by atoms with Gasteiger partial charge in [0.25, 0.3) is 5.91 Å². The van der Waals surface area contributed by atoms with E-state index in [4.69, 9.17) is 27.9 Å². The zero-order chi connectivity index (χ0) is 23.1. The summed E-state index contributed by atoms with van der Waals surface area (Å²) in [5.74, 6) is 0.104. The van der Waals surface area contributed by atoms with Gasteiger partial charge in [-0.3, -0.25) is 9.59 Å². The maximum Gasteiger partial charge on any atom is 0.261 e. The first-order valence-electron chi connectivity index (χ1n) is 10.6. The number of hydrogen-bond donors (Lipinski definition) is 1. The Hall–Kier alpha value is -2.76. The Balaban J connectivity index is 1.85. The molecule has 3 rings (SSSR count). The normalized spacial score (nSPS) is 11.8. The molecule has 3 aromatic rings. The number of carbonyl (C=O) groups is 2. The fraction of sp³-hybridized carbons (Fsp3) is 0.280. The second kappa shape index (κ2) is 11.2. The lowest BCUT2D eigenvalue weighted by atomic mass is 10.1. The van der Waals surface area contributed by atoms with Crippen LogP contribution in [-0.2, 0) is 16.1 Å². The van der Waals surface area contributed by atoms with E-state index in [0.717, 1.165) is 10.8 Å². The molecule has 5 nitrogen and oxygen atoms in total. The van der Waals surface area contributed by atoms with Gasteiger partial charge in [0.05, 0.1) is 0 Å². The van der Waals surface area contributed by atoms with E-state index in [0.29, 0.717) is 34.3 Å². The summed E-state index contributed by atoms with van der Waals surface area (Å²) in [7, 11) is 0. The van der Waals surface area contributed by atoms with Crippen molar-refractivity contribution in [3.63, 3.8) is 0 Å². The second-order valence-corrected chi connectivity index (χ2v) is 8.19. The summed E-state index contributed by atoms with van der Waals surface area (Å²) in [5.41, 5.74) is 0.706. The fourth-order valence-corrected chi connectivity index (χ4v) is 4.06. The van der Waals surface area contributed by atoms with Crippen molar-refractivity contribution in [1.29, 1.82) is 0 Å². The van der Waals surface area contributed by atoms with Crippen molar-refractivity contribution < 1.29 is 14.3 Å². The minimum atomic E-state index is -0.648. The van der Waals surface area contributed by atoms with E-state index < -0.39 is 6.04 Å². The van der Waals surface area contributed by atoms with Crippen LogP contribution in [0.3, 0.4) is 0 Å². The molecule has 7 heteroatoms. The Morgan fingerprint density at radius 2 is 1.78 bits per heavy atom. The second-order valence-electron chi connectivity index (χ2n) is 7.34. The van der Waals surface area contributed by atoms with Gasteiger partial charge in [0.15, 0.2) is 6.61 Å². The van der Waals surface area contributed by atoms with Crippen LogP contribution < -0.4 is 10.1 Å². The van der Waals surface area contributed by atoms with Gasteiger partial charge in [-0.15, -0.1) is 0 Å². The van der Waals surface area contributed by atoms with Gasteiger partial charge in [-0.1, -0.05) is 72.6 Å². The molecule has 0 unspecified atom stereocenters. The molecule has 1 atom stereocenters. The standard InChI is InChI=1S/C25H26Cl2N2O3/c1-3-22(25(31)28-4-2)29(15-18-12-13-19(26)14-21(18)27)24(30)16-32-23-11-7-9-17-8-5-6-10-20(17)23/h5-14,22H,3-4,15-16H2,1-2H3,(H,28,31)/t22-/m0/s1. The molecule has 1 N–H and O–H groups in total. The van der Waals surface area contributed by atoms with E-state index in [9.17, 15) is 9.59 Å². The Bertz CT molecular complexity index is 1100. The Labute approximate surface area is 198 Å². The van der Waals surface area contributed by atoms with E-state index in [-0.39, 0.29) is 25.0 Å². The van der Waals surface area contributed by atoms with Crippen molar-refractivity contribution >= 4 is 45.8 Å². The van der Waals surface area contributed by atoms with E-state index in [1.807, 2.05) is 56.3 Å². The first-order valence-corrected chi connectivity index (χ1v) is 11.3. The number of ether oxygens (including phenoxy) is 1. The summed E-state index contributed by atoms with van der Waals surface area (Å²) < 4.78 is 5.91. The topological polar surface area (TPSA) is 58.6 Å². The molecule has 0 aliphatic carbocycles. The van der Waals surface area contributed by atoms with Gasteiger partial charge in [0.2, 0.25) is 5.91 Å². The van der Waals surface area contributed by atoms with Crippen LogP contribution in [0.25, 0.3) is 10.8 Å². The van der Waals surface area contributed by atoms with Crippen LogP contribution in [0, 0.1) is 0 Å². The molecule has 3 aromatic carbocycles. The highest BCUT2D eigenvalue weighted by Crippen LogP contribution is 2.26. The molecule has 0 aliphatic rings. The molecule has 0 aromatic heterocycles. The summed E-state index contributed by atoms with van der Waals surface area (Å²) >= 11 is 12.4. The Morgan fingerprint density at radius 1 is 1.03 bits per heavy atom. The summed E-state index contributed by atoms with van der Waals surface area (Å²) in [6.07, 6.45) is 0.455. The highest BCUT2D eigenvalue weighted by Gasteiger charge is 2.29. The van der Waals surface area contributed by atoms with Crippen molar-refractivity contribution in [2.45, 2.75) is 32.9 Å². The maximum atomic E-state index is 13.3. The number of hydrogen-bond acceptors (Lipinski definition) is 3. The molecule has 168 valence electrons. The van der Waals surface area contributed by atoms with Crippen molar-refractivity contribution in [3.05, 3.63) is 76.3 Å². The van der Waals surface area contributed by atoms with E-state index >= 15 is 0 Å². The average molecular weight is 473 g/mol. The first-order chi connectivity index (χ1) is 15.4. The van der Waals surface area contributed by atoms with Crippen LogP contribution in [0.1, 0.15) is 25.8 Å². The molecular formula is C25H26Cl2N2O3. The largest absolute Gasteiger partial charge is 0.483 e. The maximum absolute atomic E-state index is 13.3. The van der Waals surface area contributed by atoms with Crippen LogP contribution in [0.15, 0.2) is 60.7 Å². The highest BCUT2D eigenvalue weighted by molar-refractivity contribution is 6.35. The van der Waals surface area contributed by atoms with Crippen LogP contribution >= 0.6 is 23.2 Å². The third-order valence-electron chi connectivity index (χ3n) is 5.19. The monoisotopic (exact) mass is 472 g/mol. The van der Waals surface area contributed by atoms with E-state index in [2.05, 4.69) is 5.32 Å². The number of halogens is 2. The van der Waals surface area contributed by atoms with Crippen LogP contribution in [-0.4, -0.2) is 35.9 Å². The third-order valence-corrected chi connectivity index (χ3v) is 5.78. The van der Waals surface area contributed by atoms with E-state index in [1.54, 1.807) is 18.2 Å². The van der Waals surface area contributed by atoms with Crippen LogP contribution in [0.4, 0.5) is 0 Å². The molecule has 0 fully saturated rings. The zero-order valence-corrected chi connectivity index (χ0v) is 19.6. The predicted molar refractivity (Wildman–Crippen MR) is 129 cm³/mol. The fourth-order valence-electron chi connectivity index (χ4n) is 3.59. The molecule has 2 amide bonds. The van der Waals surface area contributed by atoms with Gasteiger partial charge in [0.1, 0.15) is 11.8 Å². The quantitative estimate of drug-likeness (QED) is 0.449. The highest BCUT2D eigenvalue weighted by atomic mass is 35.5. The van der Waals surface area contributed by atoms with Gasteiger partial charge in [-0.2, -0.15) is 0 Å². The van der Waals surface area contributed by atoms with Gasteiger partial charge in [-0.25, -0.2) is 0 Å². The minimum Gasteiger partial charge on any atom is -0.483 e. The molecule has 0 spiro atoms. The zero-order valence-electron chi connectivity index (χ0n) is 18.1. The number of carbonyl (C=O) groups excluding carboxylic acids is 2. The lowest BCUT2D eigenvalue weighted by Gasteiger charge is -2.30. The van der Waals surface area contributed by atoms with Gasteiger partial charge >= 0.3 is 0 Å². The van der Waals surface area contributed by atoms with Crippen LogP contribution in [0.5, 0.6) is 5.75 Å². The minimum absolute atomic E-state index is 0.170. The Morgan fingerprint density at radius 3 is 2.50 bits per heavy atom. The van der Waals surface area contributed by atoms with Crippen molar-refractivity contribution in [3.8, 4) is 5.75 Å². The van der Waals surface area contributed by atoms with Crippen LogP contribution in [0.2, 0.25) is 10.0 Å². The van der Waals surface area contributed by atoms with Gasteiger partial charge in [0, 0.05) is 28.5 Å². The molecule has 0 heterocycles. The number of nitrogens with one attached hydrogen (secondary N) is 1. The lowest BCUT2D eigenvalue weighted by molar-refractivity contribution is -0.142. The predicted octanol–water partition coefficient (Wildman–Crippen LogP) is 5.47. The number of nitrogens with zero attached hydrogens (tertiary/aromatic N) is 1. The summed E-state index contributed by atoms with van der Waals surface area (Å²) in [5, 5.41) is 5.70. The van der Waals surface area contributed by atoms with Crippen molar-refractivity contribution in [2.75, 3.05) is 13.2 Å². The third kappa shape index (κ3) is 5.72. The SMILES string of the molecule is CCNC(=O)[C@H](CC)N(Cc1ccc(Cl)cc1Cl)C(=O)COc1cccc2ccccc12. The molecule has 0 saturated carbocycles. The summed E-state index contributed by atoms with van der Waals surface area (Å²) in [4.78, 5) is 27.5. The molecule has 0 radical (unpaired) electrons.